The Balaban J connectivity index is 1.78. The second-order valence-electron chi connectivity index (χ2n) is 6.35. The molecule has 2 fully saturated rings. The number of benzene rings is 1. The molecule has 2 N–H and O–H groups in total. The monoisotopic (exact) mass is 289 g/mol. The summed E-state index contributed by atoms with van der Waals surface area (Å²) in [5, 5.41) is 13.1. The van der Waals surface area contributed by atoms with E-state index in [2.05, 4.69) is 12.2 Å². The van der Waals surface area contributed by atoms with Crippen molar-refractivity contribution in [3.63, 3.8) is 0 Å². The van der Waals surface area contributed by atoms with E-state index in [-0.39, 0.29) is 18.0 Å². The summed E-state index contributed by atoms with van der Waals surface area (Å²) in [4.78, 5) is 11.6. The largest absolute Gasteiger partial charge is 0.496 e. The number of methoxy groups -OCH3 is 1. The average Bonchev–Trinajstić information content (AvgIpc) is 3.08. The van der Waals surface area contributed by atoms with Crippen molar-refractivity contribution in [3.8, 4) is 5.75 Å². The van der Waals surface area contributed by atoms with E-state index in [0.29, 0.717) is 11.8 Å². The summed E-state index contributed by atoms with van der Waals surface area (Å²) in [5.74, 6) is 0.837. The van der Waals surface area contributed by atoms with Crippen LogP contribution >= 0.6 is 0 Å². The van der Waals surface area contributed by atoms with Crippen molar-refractivity contribution in [2.45, 2.75) is 38.3 Å². The van der Waals surface area contributed by atoms with Gasteiger partial charge in [-0.3, -0.25) is 4.79 Å². The highest BCUT2D eigenvalue weighted by molar-refractivity contribution is 5.72. The number of hydrogen-bond donors (Lipinski definition) is 2. The molecule has 0 heterocycles. The number of fused-ring (bicyclic) bond motifs is 2. The van der Waals surface area contributed by atoms with Crippen molar-refractivity contribution in [3.05, 3.63) is 29.8 Å². The van der Waals surface area contributed by atoms with Gasteiger partial charge in [0.25, 0.3) is 0 Å². The SMILES string of the molecule is COc1ccccc1C(C)NC1C2CCC(C2)C1C(=O)O. The number of carboxylic acids is 1. The molecule has 2 bridgehead atoms. The molecule has 0 saturated heterocycles. The first kappa shape index (κ1) is 14.4. The molecule has 114 valence electrons. The molecule has 1 aromatic carbocycles. The van der Waals surface area contributed by atoms with Gasteiger partial charge in [0, 0.05) is 17.6 Å². The minimum Gasteiger partial charge on any atom is -0.496 e. The van der Waals surface area contributed by atoms with Crippen molar-refractivity contribution < 1.29 is 14.6 Å². The summed E-state index contributed by atoms with van der Waals surface area (Å²) in [6, 6.07) is 8.11. The van der Waals surface area contributed by atoms with Crippen LogP contribution in [0.25, 0.3) is 0 Å². The molecular weight excluding hydrogens is 266 g/mol. The average molecular weight is 289 g/mol. The van der Waals surface area contributed by atoms with Gasteiger partial charge in [0.05, 0.1) is 13.0 Å². The Morgan fingerprint density at radius 1 is 1.33 bits per heavy atom. The lowest BCUT2D eigenvalue weighted by Gasteiger charge is -2.32. The van der Waals surface area contributed by atoms with Gasteiger partial charge in [-0.05, 0) is 44.1 Å². The first-order valence-corrected chi connectivity index (χ1v) is 7.73. The lowest BCUT2D eigenvalue weighted by Crippen LogP contribution is -2.45. The summed E-state index contributed by atoms with van der Waals surface area (Å²) in [7, 11) is 1.67. The number of carboxylic acid groups (broad SMARTS) is 1. The van der Waals surface area contributed by atoms with Crippen molar-refractivity contribution in [1.82, 2.24) is 5.32 Å². The molecule has 1 aromatic rings. The van der Waals surface area contributed by atoms with Crippen LogP contribution < -0.4 is 10.1 Å². The number of nitrogens with one attached hydrogen (secondary N) is 1. The van der Waals surface area contributed by atoms with Crippen LogP contribution in [0.5, 0.6) is 5.75 Å². The predicted octanol–water partition coefficient (Wildman–Crippen LogP) is 2.85. The Bertz CT molecular complexity index is 531. The Hall–Kier alpha value is -1.55. The molecule has 2 aliphatic rings. The molecule has 0 aliphatic heterocycles. The maximum Gasteiger partial charge on any atom is 0.308 e. The fourth-order valence-corrected chi connectivity index (χ4v) is 4.29. The molecule has 0 amide bonds. The van der Waals surface area contributed by atoms with Crippen LogP contribution in [0.1, 0.15) is 37.8 Å². The van der Waals surface area contributed by atoms with Gasteiger partial charge in [0.1, 0.15) is 5.75 Å². The zero-order valence-electron chi connectivity index (χ0n) is 12.6. The summed E-state index contributed by atoms with van der Waals surface area (Å²) >= 11 is 0. The number of para-hydroxylation sites is 1. The lowest BCUT2D eigenvalue weighted by atomic mass is 9.84. The number of hydrogen-bond acceptors (Lipinski definition) is 3. The van der Waals surface area contributed by atoms with Gasteiger partial charge in [-0.1, -0.05) is 18.2 Å². The zero-order chi connectivity index (χ0) is 15.0. The minimum atomic E-state index is -0.646. The van der Waals surface area contributed by atoms with Crippen LogP contribution in [-0.4, -0.2) is 24.2 Å². The van der Waals surface area contributed by atoms with E-state index in [1.807, 2.05) is 24.3 Å². The van der Waals surface area contributed by atoms with Crippen molar-refractivity contribution >= 4 is 5.97 Å². The van der Waals surface area contributed by atoms with Gasteiger partial charge in [0.2, 0.25) is 0 Å². The van der Waals surface area contributed by atoms with Gasteiger partial charge in [0.15, 0.2) is 0 Å². The van der Waals surface area contributed by atoms with Gasteiger partial charge >= 0.3 is 5.97 Å². The number of ether oxygens (including phenoxy) is 1. The van der Waals surface area contributed by atoms with E-state index in [9.17, 15) is 9.90 Å². The molecule has 4 nitrogen and oxygen atoms in total. The van der Waals surface area contributed by atoms with Gasteiger partial charge in [-0.15, -0.1) is 0 Å². The second-order valence-corrected chi connectivity index (χ2v) is 6.35. The molecule has 5 unspecified atom stereocenters. The standard InChI is InChI=1S/C17H23NO3/c1-10(13-5-3-4-6-14(13)21-2)18-16-12-8-7-11(9-12)15(16)17(19)20/h3-6,10-12,15-16,18H,7-9H2,1-2H3,(H,19,20). The first-order chi connectivity index (χ1) is 10.1. The molecule has 3 rings (SSSR count). The lowest BCUT2D eigenvalue weighted by molar-refractivity contribution is -0.144. The van der Waals surface area contributed by atoms with E-state index < -0.39 is 5.97 Å². The molecule has 2 aliphatic carbocycles. The van der Waals surface area contributed by atoms with Crippen LogP contribution in [0.15, 0.2) is 24.3 Å². The third-order valence-electron chi connectivity index (χ3n) is 5.25. The van der Waals surface area contributed by atoms with E-state index in [1.165, 1.54) is 0 Å². The van der Waals surface area contributed by atoms with Crippen LogP contribution in [0, 0.1) is 17.8 Å². The fraction of sp³-hybridized carbons (Fsp3) is 0.588. The fourth-order valence-electron chi connectivity index (χ4n) is 4.29. The Morgan fingerprint density at radius 3 is 2.76 bits per heavy atom. The zero-order valence-corrected chi connectivity index (χ0v) is 12.6. The first-order valence-electron chi connectivity index (χ1n) is 7.73. The highest BCUT2D eigenvalue weighted by Gasteiger charge is 2.51. The molecule has 0 aromatic heterocycles. The molecule has 21 heavy (non-hydrogen) atoms. The summed E-state index contributed by atoms with van der Waals surface area (Å²) in [5.41, 5.74) is 1.09. The smallest absolute Gasteiger partial charge is 0.308 e. The van der Waals surface area contributed by atoms with Crippen LogP contribution in [-0.2, 0) is 4.79 Å². The number of rotatable bonds is 5. The van der Waals surface area contributed by atoms with Gasteiger partial charge in [-0.25, -0.2) is 0 Å². The Labute approximate surface area is 125 Å². The van der Waals surface area contributed by atoms with Crippen molar-refractivity contribution in [2.24, 2.45) is 17.8 Å². The van der Waals surface area contributed by atoms with E-state index in [0.717, 1.165) is 30.6 Å². The van der Waals surface area contributed by atoms with Crippen molar-refractivity contribution in [2.75, 3.05) is 7.11 Å². The quantitative estimate of drug-likeness (QED) is 0.875. The molecule has 0 radical (unpaired) electrons. The molecule has 0 spiro atoms. The maximum absolute atomic E-state index is 11.6. The van der Waals surface area contributed by atoms with E-state index in [4.69, 9.17) is 4.74 Å². The predicted molar refractivity (Wildman–Crippen MR) is 80.3 cm³/mol. The maximum atomic E-state index is 11.6. The van der Waals surface area contributed by atoms with Crippen LogP contribution in [0.2, 0.25) is 0 Å². The molecule has 4 heteroatoms. The second kappa shape index (κ2) is 5.68. The van der Waals surface area contributed by atoms with E-state index >= 15 is 0 Å². The van der Waals surface area contributed by atoms with Gasteiger partial charge < -0.3 is 15.2 Å². The summed E-state index contributed by atoms with van der Waals surface area (Å²) < 4.78 is 5.41. The van der Waals surface area contributed by atoms with Crippen LogP contribution in [0.3, 0.4) is 0 Å². The minimum absolute atomic E-state index is 0.0844. The van der Waals surface area contributed by atoms with E-state index in [1.54, 1.807) is 7.11 Å². The summed E-state index contributed by atoms with van der Waals surface area (Å²) in [6.45, 7) is 2.09. The summed E-state index contributed by atoms with van der Waals surface area (Å²) in [6.07, 6.45) is 3.29. The van der Waals surface area contributed by atoms with Crippen LogP contribution in [0.4, 0.5) is 0 Å². The molecule has 2 saturated carbocycles. The highest BCUT2D eigenvalue weighted by atomic mass is 16.5. The van der Waals surface area contributed by atoms with Gasteiger partial charge in [-0.2, -0.15) is 0 Å². The highest BCUT2D eigenvalue weighted by Crippen LogP contribution is 2.49. The third-order valence-corrected chi connectivity index (χ3v) is 5.25. The number of carbonyl (C=O) groups is 1. The molecular formula is C17H23NO3. The van der Waals surface area contributed by atoms with Crippen molar-refractivity contribution in [1.29, 1.82) is 0 Å². The third kappa shape index (κ3) is 2.53. The topological polar surface area (TPSA) is 58.6 Å². The Kier molecular flexibility index (Phi) is 3.89. The normalized spacial score (nSPS) is 32.1. The number of aliphatic carboxylic acids is 1. The molecule has 5 atom stereocenters. The Morgan fingerprint density at radius 2 is 2.05 bits per heavy atom.